The minimum Gasteiger partial charge on any atom is -0.0619 e. The van der Waals surface area contributed by atoms with E-state index in [1.54, 1.807) is 0 Å². The van der Waals surface area contributed by atoms with Crippen LogP contribution in [-0.2, 0) is 16.2 Å². The highest BCUT2D eigenvalue weighted by molar-refractivity contribution is 6.22. The lowest BCUT2D eigenvalue weighted by Crippen LogP contribution is -2.20. The van der Waals surface area contributed by atoms with Gasteiger partial charge in [-0.1, -0.05) is 186 Å². The van der Waals surface area contributed by atoms with E-state index in [9.17, 15) is 0 Å². The molecule has 0 aromatic heterocycles. The molecule has 0 nitrogen and oxygen atoms in total. The summed E-state index contributed by atoms with van der Waals surface area (Å²) in [7, 11) is 0. The zero-order valence-electron chi connectivity index (χ0n) is 35.5. The van der Waals surface area contributed by atoms with Crippen molar-refractivity contribution in [1.29, 1.82) is 0 Å². The molecule has 0 heterocycles. The van der Waals surface area contributed by atoms with Crippen LogP contribution in [0.15, 0.2) is 170 Å². The average molecular weight is 781 g/mol. The lowest BCUT2D eigenvalue weighted by Gasteiger charge is -2.27. The van der Waals surface area contributed by atoms with Crippen LogP contribution in [-0.4, -0.2) is 0 Å². The molecule has 4 aliphatic rings. The van der Waals surface area contributed by atoms with Crippen LogP contribution in [0.3, 0.4) is 0 Å². The fraction of sp³-hybridized carbons (Fsp3) is 0.180. The number of hydrogen-bond acceptors (Lipinski definition) is 0. The van der Waals surface area contributed by atoms with Crippen molar-refractivity contribution in [1.82, 2.24) is 0 Å². The van der Waals surface area contributed by atoms with Gasteiger partial charge in [0, 0.05) is 16.2 Å². The van der Waals surface area contributed by atoms with Crippen LogP contribution < -0.4 is 0 Å². The first-order valence-corrected chi connectivity index (χ1v) is 22.5. The number of benzene rings is 9. The van der Waals surface area contributed by atoms with Gasteiger partial charge < -0.3 is 0 Å². The van der Waals surface area contributed by atoms with Crippen LogP contribution in [0, 0.1) is 0 Å². The Morgan fingerprint density at radius 2 is 0.721 bits per heavy atom. The Morgan fingerprint density at radius 3 is 1.43 bits per heavy atom. The lowest BCUT2D eigenvalue weighted by molar-refractivity contribution is 0.550. The SMILES string of the molecule is CC1(C)c2ccccc2-c2cc(-c3c4ccccc4c(-c4ccc5c(c4)C4(CCCC4)c4ccccc4-5)c4ccc(-c5ccc6c(c5)C(C)(C)c5ccccc5-6)cc34)ccc21. The highest BCUT2D eigenvalue weighted by Gasteiger charge is 2.45. The van der Waals surface area contributed by atoms with Crippen molar-refractivity contribution in [3.8, 4) is 66.8 Å². The van der Waals surface area contributed by atoms with E-state index in [-0.39, 0.29) is 16.2 Å². The van der Waals surface area contributed by atoms with Crippen LogP contribution in [0.4, 0.5) is 0 Å². The molecule has 0 amide bonds. The highest BCUT2D eigenvalue weighted by atomic mass is 14.5. The maximum atomic E-state index is 2.60. The van der Waals surface area contributed by atoms with Crippen LogP contribution in [0.5, 0.6) is 0 Å². The third-order valence-electron chi connectivity index (χ3n) is 15.8. The van der Waals surface area contributed by atoms with Gasteiger partial charge in [0.15, 0.2) is 0 Å². The van der Waals surface area contributed by atoms with Crippen molar-refractivity contribution < 1.29 is 0 Å². The molecular formula is C61H48. The molecule has 1 saturated carbocycles. The Kier molecular flexibility index (Phi) is 7.11. The molecule has 0 aliphatic heterocycles. The summed E-state index contributed by atoms with van der Waals surface area (Å²) in [6.07, 6.45) is 5.03. The van der Waals surface area contributed by atoms with Gasteiger partial charge in [-0.15, -0.1) is 0 Å². The second-order valence-corrected chi connectivity index (χ2v) is 19.5. The maximum Gasteiger partial charge on any atom is 0.0215 e. The van der Waals surface area contributed by atoms with Crippen LogP contribution >= 0.6 is 0 Å². The molecule has 0 heteroatoms. The van der Waals surface area contributed by atoms with Gasteiger partial charge in [0.1, 0.15) is 0 Å². The van der Waals surface area contributed by atoms with Crippen LogP contribution in [0.1, 0.15) is 86.8 Å². The minimum atomic E-state index is -0.0638. The van der Waals surface area contributed by atoms with E-state index in [4.69, 9.17) is 0 Å². The summed E-state index contributed by atoms with van der Waals surface area (Å²) in [4.78, 5) is 0. The summed E-state index contributed by atoms with van der Waals surface area (Å²) < 4.78 is 0. The quantitative estimate of drug-likeness (QED) is 0.157. The average Bonchev–Trinajstić information content (AvgIpc) is 4.02. The van der Waals surface area contributed by atoms with Gasteiger partial charge in [0.25, 0.3) is 0 Å². The monoisotopic (exact) mass is 780 g/mol. The molecule has 0 saturated heterocycles. The van der Waals surface area contributed by atoms with Gasteiger partial charge in [-0.3, -0.25) is 0 Å². The molecule has 0 unspecified atom stereocenters. The Labute approximate surface area is 359 Å². The summed E-state index contributed by atoms with van der Waals surface area (Å²) in [5.41, 5.74) is 24.8. The number of fused-ring (bicyclic) bond motifs is 13. The first-order chi connectivity index (χ1) is 29.7. The van der Waals surface area contributed by atoms with Crippen molar-refractivity contribution >= 4 is 21.5 Å². The third-order valence-corrected chi connectivity index (χ3v) is 15.8. The number of rotatable bonds is 3. The second-order valence-electron chi connectivity index (χ2n) is 19.5. The van der Waals surface area contributed by atoms with Gasteiger partial charge >= 0.3 is 0 Å². The molecule has 0 N–H and O–H groups in total. The summed E-state index contributed by atoms with van der Waals surface area (Å²) in [5, 5.41) is 5.23. The standard InChI is InChI=1S/C61H48/c1-59(2)52-21-11-8-17-43(52)49-34-39(26-30-53(49)59)58-47-19-6-5-18-46(47)57(40-25-28-45-42-16-9-12-22-54(42)61(56(45)36-40)31-13-14-32-61)48-29-24-37(33-50(48)58)38-23-27-44-41-15-7-10-20-51(41)60(3,4)55(44)35-38/h5-12,15-30,33-36H,13-14,31-32H2,1-4H3. The Balaban J connectivity index is 1.08. The Morgan fingerprint density at radius 1 is 0.295 bits per heavy atom. The first-order valence-electron chi connectivity index (χ1n) is 22.5. The second kappa shape index (κ2) is 12.3. The summed E-state index contributed by atoms with van der Waals surface area (Å²) in [6, 6.07) is 65.8. The van der Waals surface area contributed by atoms with Crippen LogP contribution in [0.25, 0.3) is 88.3 Å². The molecule has 4 aliphatic carbocycles. The predicted octanol–water partition coefficient (Wildman–Crippen LogP) is 16.4. The molecule has 0 radical (unpaired) electrons. The molecule has 292 valence electrons. The molecule has 1 fully saturated rings. The molecule has 0 atom stereocenters. The Bertz CT molecular complexity index is 3360. The first kappa shape index (κ1) is 35.3. The lowest BCUT2D eigenvalue weighted by atomic mass is 9.76. The topological polar surface area (TPSA) is 0 Å². The van der Waals surface area contributed by atoms with Crippen LogP contribution in [0.2, 0.25) is 0 Å². The predicted molar refractivity (Wildman–Crippen MR) is 258 cm³/mol. The zero-order chi connectivity index (χ0) is 40.8. The van der Waals surface area contributed by atoms with E-state index in [1.807, 2.05) is 0 Å². The summed E-state index contributed by atoms with van der Waals surface area (Å²) in [5.74, 6) is 0. The van der Waals surface area contributed by atoms with E-state index < -0.39 is 0 Å². The maximum absolute atomic E-state index is 2.60. The fourth-order valence-electron chi connectivity index (χ4n) is 12.9. The molecular weight excluding hydrogens is 733 g/mol. The molecule has 61 heavy (non-hydrogen) atoms. The highest BCUT2D eigenvalue weighted by Crippen LogP contribution is 2.58. The zero-order valence-corrected chi connectivity index (χ0v) is 35.5. The van der Waals surface area contributed by atoms with E-state index >= 15 is 0 Å². The molecule has 9 aromatic carbocycles. The summed E-state index contributed by atoms with van der Waals surface area (Å²) >= 11 is 0. The Hall–Kier alpha value is -6.50. The molecule has 1 spiro atoms. The fourth-order valence-corrected chi connectivity index (χ4v) is 12.9. The van der Waals surface area contributed by atoms with E-state index in [0.29, 0.717) is 0 Å². The van der Waals surface area contributed by atoms with Crippen molar-refractivity contribution in [3.05, 3.63) is 203 Å². The molecule has 9 aromatic rings. The van der Waals surface area contributed by atoms with E-state index in [0.717, 1.165) is 0 Å². The minimum absolute atomic E-state index is 0.0451. The van der Waals surface area contributed by atoms with Crippen molar-refractivity contribution in [2.24, 2.45) is 0 Å². The van der Waals surface area contributed by atoms with Crippen molar-refractivity contribution in [2.75, 3.05) is 0 Å². The van der Waals surface area contributed by atoms with Gasteiger partial charge in [0.05, 0.1) is 0 Å². The third kappa shape index (κ3) is 4.66. The van der Waals surface area contributed by atoms with Crippen molar-refractivity contribution in [3.63, 3.8) is 0 Å². The van der Waals surface area contributed by atoms with E-state index in [1.165, 1.54) is 147 Å². The van der Waals surface area contributed by atoms with Gasteiger partial charge in [-0.25, -0.2) is 0 Å². The van der Waals surface area contributed by atoms with Gasteiger partial charge in [0.2, 0.25) is 0 Å². The normalized spacial score (nSPS) is 16.7. The molecule has 0 bridgehead atoms. The molecule has 13 rings (SSSR count). The van der Waals surface area contributed by atoms with Gasteiger partial charge in [-0.05, 0) is 159 Å². The van der Waals surface area contributed by atoms with Crippen molar-refractivity contribution in [2.45, 2.75) is 69.6 Å². The number of hydrogen-bond donors (Lipinski definition) is 0. The smallest absolute Gasteiger partial charge is 0.0215 e. The van der Waals surface area contributed by atoms with E-state index in [2.05, 4.69) is 198 Å². The summed E-state index contributed by atoms with van der Waals surface area (Å²) in [6.45, 7) is 9.53. The largest absolute Gasteiger partial charge is 0.0619 e. The van der Waals surface area contributed by atoms with Gasteiger partial charge in [-0.2, -0.15) is 0 Å².